The van der Waals surface area contributed by atoms with Crippen LogP contribution in [0.1, 0.15) is 56.4 Å². The van der Waals surface area contributed by atoms with Gasteiger partial charge in [0.25, 0.3) is 0 Å². The summed E-state index contributed by atoms with van der Waals surface area (Å²) in [7, 11) is 3.77. The van der Waals surface area contributed by atoms with Crippen LogP contribution in [-0.4, -0.2) is 97.8 Å². The van der Waals surface area contributed by atoms with E-state index >= 15 is 0 Å². The maximum atomic E-state index is 11.4. The molecule has 3 aliphatic heterocycles. The Bertz CT molecular complexity index is 708. The molecule has 0 radical (unpaired) electrons. The summed E-state index contributed by atoms with van der Waals surface area (Å²) in [5.41, 5.74) is 1.31. The van der Waals surface area contributed by atoms with Gasteiger partial charge in [-0.1, -0.05) is 6.42 Å². The molecule has 3 fully saturated rings. The summed E-state index contributed by atoms with van der Waals surface area (Å²) in [6, 6.07) is 1.16. The fraction of sp³-hybridized carbons (Fsp3) is 0.792. The SMILES string of the molecule is COCC(=O)NCCCCCN1CCC(c2cnc(N3C4CCC3CN(C)C4)nc2)CC1. The van der Waals surface area contributed by atoms with E-state index in [9.17, 15) is 4.79 Å². The summed E-state index contributed by atoms with van der Waals surface area (Å²) in [6.07, 6.45) is 12.5. The van der Waals surface area contributed by atoms with Crippen LogP contribution in [0.5, 0.6) is 0 Å². The first-order valence-corrected chi connectivity index (χ1v) is 12.4. The monoisotopic (exact) mass is 444 g/mol. The van der Waals surface area contributed by atoms with E-state index in [1.165, 1.54) is 37.7 Å². The van der Waals surface area contributed by atoms with E-state index in [1.807, 2.05) is 0 Å². The average Bonchev–Trinajstić information content (AvgIpc) is 3.07. The van der Waals surface area contributed by atoms with Crippen LogP contribution in [0.3, 0.4) is 0 Å². The number of nitrogens with one attached hydrogen (secondary N) is 1. The minimum atomic E-state index is -0.0255. The smallest absolute Gasteiger partial charge is 0.245 e. The number of likely N-dealkylation sites (N-methyl/N-ethyl adjacent to an activating group) is 1. The number of aromatic nitrogens is 2. The summed E-state index contributed by atoms with van der Waals surface area (Å²) in [4.78, 5) is 28.5. The van der Waals surface area contributed by atoms with Crippen molar-refractivity contribution >= 4 is 11.9 Å². The number of carbonyl (C=O) groups is 1. The highest BCUT2D eigenvalue weighted by Gasteiger charge is 2.40. The average molecular weight is 445 g/mol. The quantitative estimate of drug-likeness (QED) is 0.552. The molecule has 3 aliphatic rings. The zero-order chi connectivity index (χ0) is 22.3. The Morgan fingerprint density at radius 2 is 1.75 bits per heavy atom. The van der Waals surface area contributed by atoms with E-state index in [0.29, 0.717) is 18.0 Å². The van der Waals surface area contributed by atoms with Crippen LogP contribution in [0.15, 0.2) is 12.4 Å². The third kappa shape index (κ3) is 5.97. The Morgan fingerprint density at radius 1 is 1.06 bits per heavy atom. The van der Waals surface area contributed by atoms with Crippen LogP contribution in [0.25, 0.3) is 0 Å². The number of hydrogen-bond donors (Lipinski definition) is 1. The Kier molecular flexibility index (Phi) is 8.32. The Labute approximate surface area is 192 Å². The van der Waals surface area contributed by atoms with Gasteiger partial charge in [0, 0.05) is 51.2 Å². The molecule has 1 amide bonds. The summed E-state index contributed by atoms with van der Waals surface area (Å²) >= 11 is 0. The number of hydrogen-bond acceptors (Lipinski definition) is 7. The van der Waals surface area contributed by atoms with Crippen molar-refractivity contribution in [1.82, 2.24) is 25.1 Å². The largest absolute Gasteiger partial charge is 0.375 e. The minimum Gasteiger partial charge on any atom is -0.375 e. The van der Waals surface area contributed by atoms with E-state index < -0.39 is 0 Å². The van der Waals surface area contributed by atoms with Gasteiger partial charge in [0.15, 0.2) is 0 Å². The number of unbranched alkanes of at least 4 members (excludes halogenated alkanes) is 2. The number of fused-ring (bicyclic) bond motifs is 2. The van der Waals surface area contributed by atoms with Crippen LogP contribution in [-0.2, 0) is 9.53 Å². The van der Waals surface area contributed by atoms with Crippen molar-refractivity contribution in [1.29, 1.82) is 0 Å². The Morgan fingerprint density at radius 3 is 2.41 bits per heavy atom. The zero-order valence-electron chi connectivity index (χ0n) is 19.8. The lowest BCUT2D eigenvalue weighted by molar-refractivity contribution is -0.124. The zero-order valence-corrected chi connectivity index (χ0v) is 19.8. The van der Waals surface area contributed by atoms with Crippen molar-refractivity contribution < 1.29 is 9.53 Å². The van der Waals surface area contributed by atoms with Gasteiger partial charge in [0.1, 0.15) is 6.61 Å². The van der Waals surface area contributed by atoms with Crippen molar-refractivity contribution in [3.05, 3.63) is 18.0 Å². The first kappa shape index (κ1) is 23.4. The lowest BCUT2D eigenvalue weighted by Crippen LogP contribution is -2.53. The summed E-state index contributed by atoms with van der Waals surface area (Å²) in [6.45, 7) is 6.61. The highest BCUT2D eigenvalue weighted by Crippen LogP contribution is 2.33. The summed E-state index contributed by atoms with van der Waals surface area (Å²) < 4.78 is 4.82. The standard InChI is InChI=1S/C24H40N6O2/c1-28-16-21-6-7-22(17-28)30(21)24-26-14-20(15-27-24)19-8-12-29(13-9-19)11-5-3-4-10-25-23(31)18-32-2/h14-15,19,21-22H,3-13,16-18H2,1-2H3,(H,25,31). The fourth-order valence-electron chi connectivity index (χ4n) is 5.65. The molecule has 2 unspecified atom stereocenters. The van der Waals surface area contributed by atoms with Crippen LogP contribution >= 0.6 is 0 Å². The van der Waals surface area contributed by atoms with E-state index in [0.717, 1.165) is 58.1 Å². The molecule has 32 heavy (non-hydrogen) atoms. The molecule has 178 valence electrons. The molecule has 8 heteroatoms. The second-order valence-electron chi connectivity index (χ2n) is 9.79. The van der Waals surface area contributed by atoms with Crippen molar-refractivity contribution in [2.75, 3.05) is 64.9 Å². The predicted octanol–water partition coefficient (Wildman–Crippen LogP) is 1.87. The van der Waals surface area contributed by atoms with E-state index in [-0.39, 0.29) is 12.5 Å². The van der Waals surface area contributed by atoms with Gasteiger partial charge in [-0.05, 0) is 76.7 Å². The summed E-state index contributed by atoms with van der Waals surface area (Å²) in [5.74, 6) is 1.49. The lowest BCUT2D eigenvalue weighted by Gasteiger charge is -2.39. The molecule has 0 aliphatic carbocycles. The molecule has 4 heterocycles. The first-order valence-electron chi connectivity index (χ1n) is 12.4. The van der Waals surface area contributed by atoms with Gasteiger partial charge in [0.2, 0.25) is 11.9 Å². The van der Waals surface area contributed by atoms with Gasteiger partial charge in [-0.2, -0.15) is 0 Å². The van der Waals surface area contributed by atoms with Gasteiger partial charge in [-0.3, -0.25) is 4.79 Å². The van der Waals surface area contributed by atoms with Gasteiger partial charge in [0.05, 0.1) is 0 Å². The van der Waals surface area contributed by atoms with Crippen molar-refractivity contribution in [2.45, 2.75) is 62.9 Å². The van der Waals surface area contributed by atoms with E-state index in [1.54, 1.807) is 7.11 Å². The van der Waals surface area contributed by atoms with Gasteiger partial charge < -0.3 is 24.8 Å². The van der Waals surface area contributed by atoms with Gasteiger partial charge in [-0.25, -0.2) is 9.97 Å². The molecule has 1 aromatic rings. The van der Waals surface area contributed by atoms with Crippen LogP contribution < -0.4 is 10.2 Å². The molecular formula is C24H40N6O2. The van der Waals surface area contributed by atoms with Crippen molar-refractivity contribution in [3.63, 3.8) is 0 Å². The topological polar surface area (TPSA) is 73.8 Å². The molecule has 0 aromatic carbocycles. The Balaban J connectivity index is 1.15. The number of methoxy groups -OCH3 is 1. The maximum absolute atomic E-state index is 11.4. The first-order chi connectivity index (χ1) is 15.6. The second kappa shape index (κ2) is 11.4. The molecule has 1 N–H and O–H groups in total. The fourth-order valence-corrected chi connectivity index (χ4v) is 5.65. The molecular weight excluding hydrogens is 404 g/mol. The van der Waals surface area contributed by atoms with Gasteiger partial charge in [-0.15, -0.1) is 0 Å². The number of amides is 1. The molecule has 2 atom stereocenters. The number of rotatable bonds is 10. The van der Waals surface area contributed by atoms with Crippen molar-refractivity contribution in [2.24, 2.45) is 0 Å². The lowest BCUT2D eigenvalue weighted by atomic mass is 9.91. The molecule has 4 rings (SSSR count). The van der Waals surface area contributed by atoms with Crippen LogP contribution in [0.2, 0.25) is 0 Å². The van der Waals surface area contributed by atoms with Crippen LogP contribution in [0.4, 0.5) is 5.95 Å². The number of carbonyl (C=O) groups excluding carboxylic acids is 1. The molecule has 2 bridgehead atoms. The molecule has 0 spiro atoms. The highest BCUT2D eigenvalue weighted by molar-refractivity contribution is 5.77. The number of anilines is 1. The molecule has 0 saturated carbocycles. The van der Waals surface area contributed by atoms with Crippen molar-refractivity contribution in [3.8, 4) is 0 Å². The second-order valence-corrected chi connectivity index (χ2v) is 9.79. The van der Waals surface area contributed by atoms with Crippen LogP contribution in [0, 0.1) is 0 Å². The molecule has 1 aromatic heterocycles. The molecule has 3 saturated heterocycles. The minimum absolute atomic E-state index is 0.0255. The number of nitrogens with zero attached hydrogens (tertiary/aromatic N) is 5. The Hall–Kier alpha value is -1.77. The van der Waals surface area contributed by atoms with Gasteiger partial charge >= 0.3 is 0 Å². The third-order valence-corrected chi connectivity index (χ3v) is 7.36. The van der Waals surface area contributed by atoms with E-state index in [2.05, 4.69) is 39.5 Å². The highest BCUT2D eigenvalue weighted by atomic mass is 16.5. The number of likely N-dealkylation sites (tertiary alicyclic amines) is 2. The number of piperidine rings is 1. The van der Waals surface area contributed by atoms with E-state index in [4.69, 9.17) is 14.7 Å². The normalized spacial score (nSPS) is 24.8. The predicted molar refractivity (Wildman–Crippen MR) is 126 cm³/mol. The molecule has 8 nitrogen and oxygen atoms in total. The number of piperazine rings is 1. The summed E-state index contributed by atoms with van der Waals surface area (Å²) in [5, 5.41) is 2.89. The maximum Gasteiger partial charge on any atom is 0.245 e. The third-order valence-electron chi connectivity index (χ3n) is 7.36. The number of ether oxygens (including phenoxy) is 1.